The van der Waals surface area contributed by atoms with Crippen molar-refractivity contribution in [1.82, 2.24) is 0 Å². The third kappa shape index (κ3) is 5.93. The van der Waals surface area contributed by atoms with Crippen LogP contribution >= 0.6 is 11.3 Å². The van der Waals surface area contributed by atoms with Crippen LogP contribution in [0, 0.1) is 6.92 Å². The highest BCUT2D eigenvalue weighted by molar-refractivity contribution is 7.18. The molecule has 3 aromatic rings. The van der Waals surface area contributed by atoms with E-state index in [0.717, 1.165) is 36.6 Å². The lowest BCUT2D eigenvalue weighted by Crippen LogP contribution is -2.21. The molecule has 0 spiro atoms. The fourth-order valence-electron chi connectivity index (χ4n) is 2.96. The van der Waals surface area contributed by atoms with Crippen LogP contribution in [0.3, 0.4) is 0 Å². The molecule has 0 aliphatic carbocycles. The summed E-state index contributed by atoms with van der Waals surface area (Å²) in [5, 5.41) is 4.98. The first kappa shape index (κ1) is 24.8. The SMILES string of the molecule is COC(=O)c1c(NC(=O)COc2ccccc2)sc(C(=O)Nc2cccc(C(F)(F)F)c2)c1C. The summed E-state index contributed by atoms with van der Waals surface area (Å²) >= 11 is 0.794. The Bertz CT molecular complexity index is 1210. The van der Waals surface area contributed by atoms with E-state index >= 15 is 0 Å². The Morgan fingerprint density at radius 3 is 2.35 bits per heavy atom. The van der Waals surface area contributed by atoms with Crippen molar-refractivity contribution in [1.29, 1.82) is 0 Å². The topological polar surface area (TPSA) is 93.7 Å². The molecule has 178 valence electrons. The second-order valence-electron chi connectivity index (χ2n) is 6.93. The first-order valence-corrected chi connectivity index (χ1v) is 10.6. The van der Waals surface area contributed by atoms with Crippen LogP contribution in [0.5, 0.6) is 5.75 Å². The van der Waals surface area contributed by atoms with Crippen LogP contribution in [0.25, 0.3) is 0 Å². The minimum Gasteiger partial charge on any atom is -0.484 e. The number of nitrogens with one attached hydrogen (secondary N) is 2. The number of hydrogen-bond acceptors (Lipinski definition) is 6. The first-order valence-electron chi connectivity index (χ1n) is 9.78. The predicted octanol–water partition coefficient (Wildman–Crippen LogP) is 5.13. The van der Waals surface area contributed by atoms with Crippen molar-refractivity contribution in [2.75, 3.05) is 24.4 Å². The molecule has 11 heteroatoms. The summed E-state index contributed by atoms with van der Waals surface area (Å²) in [6.07, 6.45) is -4.57. The molecule has 0 aliphatic heterocycles. The predicted molar refractivity (Wildman–Crippen MR) is 120 cm³/mol. The highest BCUT2D eigenvalue weighted by Crippen LogP contribution is 2.35. The number of carbonyl (C=O) groups excluding carboxylic acids is 3. The molecule has 2 aromatic carbocycles. The van der Waals surface area contributed by atoms with Crippen LogP contribution in [-0.4, -0.2) is 31.5 Å². The van der Waals surface area contributed by atoms with E-state index in [2.05, 4.69) is 10.6 Å². The lowest BCUT2D eigenvalue weighted by atomic mass is 10.1. The van der Waals surface area contributed by atoms with Gasteiger partial charge in [0, 0.05) is 5.69 Å². The van der Waals surface area contributed by atoms with Crippen molar-refractivity contribution in [3.05, 3.63) is 76.2 Å². The number of hydrogen-bond donors (Lipinski definition) is 2. The molecule has 0 radical (unpaired) electrons. The van der Waals surface area contributed by atoms with E-state index in [0.29, 0.717) is 5.75 Å². The van der Waals surface area contributed by atoms with E-state index in [4.69, 9.17) is 9.47 Å². The zero-order valence-electron chi connectivity index (χ0n) is 18.0. The summed E-state index contributed by atoms with van der Waals surface area (Å²) in [5.74, 6) is -1.64. The summed E-state index contributed by atoms with van der Waals surface area (Å²) in [4.78, 5) is 37.5. The van der Waals surface area contributed by atoms with Gasteiger partial charge in [0.15, 0.2) is 6.61 Å². The molecule has 2 N–H and O–H groups in total. The number of benzene rings is 2. The molecular formula is C23H19F3N2O5S. The number of methoxy groups -OCH3 is 1. The molecule has 1 heterocycles. The van der Waals surface area contributed by atoms with Gasteiger partial charge >= 0.3 is 12.1 Å². The molecule has 0 saturated heterocycles. The molecule has 0 saturated carbocycles. The monoisotopic (exact) mass is 492 g/mol. The molecule has 0 unspecified atom stereocenters. The second-order valence-corrected chi connectivity index (χ2v) is 7.96. The van der Waals surface area contributed by atoms with Crippen LogP contribution in [0.1, 0.15) is 31.2 Å². The molecule has 0 bridgehead atoms. The standard InChI is InChI=1S/C23H19F3N2O5S/c1-13-18(22(31)32-2)21(28-17(29)12-33-16-9-4-3-5-10-16)34-19(13)20(30)27-15-8-6-7-14(11-15)23(24,25)26/h3-11H,12H2,1-2H3,(H,27,30)(H,28,29). The smallest absolute Gasteiger partial charge is 0.416 e. The number of ether oxygens (including phenoxy) is 2. The normalized spacial score (nSPS) is 11.0. The van der Waals surface area contributed by atoms with E-state index in [1.807, 2.05) is 0 Å². The zero-order valence-corrected chi connectivity index (χ0v) is 18.8. The number of halogens is 3. The van der Waals surface area contributed by atoms with Crippen LogP contribution in [0.15, 0.2) is 54.6 Å². The number of anilines is 2. The van der Waals surface area contributed by atoms with Crippen molar-refractivity contribution in [3.63, 3.8) is 0 Å². The van der Waals surface area contributed by atoms with Crippen molar-refractivity contribution < 1.29 is 37.0 Å². The quantitative estimate of drug-likeness (QED) is 0.446. The largest absolute Gasteiger partial charge is 0.484 e. The molecular weight excluding hydrogens is 473 g/mol. The third-order valence-electron chi connectivity index (χ3n) is 4.56. The lowest BCUT2D eigenvalue weighted by Gasteiger charge is -2.09. The van der Waals surface area contributed by atoms with Gasteiger partial charge in [0.25, 0.3) is 11.8 Å². The maximum Gasteiger partial charge on any atom is 0.416 e. The minimum atomic E-state index is -4.57. The molecule has 1 aromatic heterocycles. The summed E-state index contributed by atoms with van der Waals surface area (Å²) in [6, 6.07) is 12.7. The fraction of sp³-hybridized carbons (Fsp3) is 0.174. The summed E-state index contributed by atoms with van der Waals surface area (Å²) in [7, 11) is 1.14. The Hall–Kier alpha value is -3.86. The van der Waals surface area contributed by atoms with Crippen LogP contribution in [0.4, 0.5) is 23.9 Å². The Kier molecular flexibility index (Phi) is 7.57. The molecule has 0 fully saturated rings. The van der Waals surface area contributed by atoms with E-state index in [1.165, 1.54) is 13.0 Å². The van der Waals surface area contributed by atoms with Gasteiger partial charge in [-0.05, 0) is 42.8 Å². The van der Waals surface area contributed by atoms with Crippen LogP contribution in [-0.2, 0) is 15.7 Å². The number of alkyl halides is 3. The maximum absolute atomic E-state index is 13.0. The highest BCUT2D eigenvalue weighted by Gasteiger charge is 2.31. The summed E-state index contributed by atoms with van der Waals surface area (Å²) in [5.41, 5.74) is -0.820. The van der Waals surface area contributed by atoms with Gasteiger partial charge in [-0.3, -0.25) is 9.59 Å². The molecule has 34 heavy (non-hydrogen) atoms. The van der Waals surface area contributed by atoms with Gasteiger partial charge in [-0.1, -0.05) is 24.3 Å². The number of para-hydroxylation sites is 1. The second kappa shape index (κ2) is 10.4. The van der Waals surface area contributed by atoms with Gasteiger partial charge in [-0.15, -0.1) is 11.3 Å². The van der Waals surface area contributed by atoms with Crippen molar-refractivity contribution in [2.24, 2.45) is 0 Å². The molecule has 3 rings (SSSR count). The van der Waals surface area contributed by atoms with Crippen molar-refractivity contribution in [2.45, 2.75) is 13.1 Å². The van der Waals surface area contributed by atoms with E-state index in [-0.39, 0.29) is 33.3 Å². The molecule has 2 amide bonds. The molecule has 7 nitrogen and oxygen atoms in total. The number of rotatable bonds is 7. The number of amides is 2. The third-order valence-corrected chi connectivity index (χ3v) is 5.76. The zero-order chi connectivity index (χ0) is 24.9. The Balaban J connectivity index is 1.81. The lowest BCUT2D eigenvalue weighted by molar-refractivity contribution is -0.137. The van der Waals surface area contributed by atoms with Crippen molar-refractivity contribution in [3.8, 4) is 5.75 Å². The highest BCUT2D eigenvalue weighted by atomic mass is 32.1. The number of carbonyl (C=O) groups is 3. The van der Waals surface area contributed by atoms with Gasteiger partial charge in [-0.25, -0.2) is 4.79 Å². The Labute approximate surface area is 196 Å². The van der Waals surface area contributed by atoms with Gasteiger partial charge in [0.2, 0.25) is 0 Å². The summed E-state index contributed by atoms with van der Waals surface area (Å²) in [6.45, 7) is 1.12. The van der Waals surface area contributed by atoms with Crippen molar-refractivity contribution >= 4 is 39.8 Å². The van der Waals surface area contributed by atoms with Crippen LogP contribution < -0.4 is 15.4 Å². The van der Waals surface area contributed by atoms with E-state index in [1.54, 1.807) is 30.3 Å². The summed E-state index contributed by atoms with van der Waals surface area (Å²) < 4.78 is 49.0. The average Bonchev–Trinajstić information content (AvgIpc) is 3.13. The van der Waals surface area contributed by atoms with Gasteiger partial charge in [0.1, 0.15) is 10.8 Å². The van der Waals surface area contributed by atoms with Gasteiger partial charge < -0.3 is 20.1 Å². The first-order chi connectivity index (χ1) is 16.1. The fourth-order valence-corrected chi connectivity index (χ4v) is 4.06. The minimum absolute atomic E-state index is 0.0251. The van der Waals surface area contributed by atoms with Gasteiger partial charge in [0.05, 0.1) is 23.1 Å². The molecule has 0 aliphatic rings. The van der Waals surface area contributed by atoms with Gasteiger partial charge in [-0.2, -0.15) is 13.2 Å². The van der Waals surface area contributed by atoms with E-state index < -0.39 is 29.5 Å². The average molecular weight is 492 g/mol. The van der Waals surface area contributed by atoms with E-state index in [9.17, 15) is 27.6 Å². The number of thiophene rings is 1. The van der Waals surface area contributed by atoms with Crippen LogP contribution in [0.2, 0.25) is 0 Å². The molecule has 0 atom stereocenters. The maximum atomic E-state index is 13.0. The number of esters is 1. The Morgan fingerprint density at radius 2 is 1.71 bits per heavy atom. The Morgan fingerprint density at radius 1 is 1.00 bits per heavy atom.